The Morgan fingerprint density at radius 2 is 2.00 bits per heavy atom. The highest BCUT2D eigenvalue weighted by molar-refractivity contribution is 5.91. The number of benzene rings is 1. The molecule has 1 aromatic carbocycles. The lowest BCUT2D eigenvalue weighted by molar-refractivity contribution is -0.137. The number of hydrogen-bond acceptors (Lipinski definition) is 3. The van der Waals surface area contributed by atoms with Gasteiger partial charge in [0.05, 0.1) is 12.2 Å². The third-order valence-electron chi connectivity index (χ3n) is 2.59. The van der Waals surface area contributed by atoms with E-state index in [1.807, 2.05) is 19.9 Å². The average Bonchev–Trinajstić information content (AvgIpc) is 2.27. The van der Waals surface area contributed by atoms with Crippen molar-refractivity contribution in [3.8, 4) is 0 Å². The summed E-state index contributed by atoms with van der Waals surface area (Å²) in [6.45, 7) is 3.93. The summed E-state index contributed by atoms with van der Waals surface area (Å²) in [4.78, 5) is 22.0. The van der Waals surface area contributed by atoms with Gasteiger partial charge in [-0.3, -0.25) is 4.79 Å². The van der Waals surface area contributed by atoms with E-state index in [9.17, 15) is 9.59 Å². The van der Waals surface area contributed by atoms with Gasteiger partial charge in [0, 0.05) is 6.42 Å². The van der Waals surface area contributed by atoms with Crippen molar-refractivity contribution >= 4 is 11.9 Å². The van der Waals surface area contributed by atoms with Crippen molar-refractivity contribution < 1.29 is 19.4 Å². The van der Waals surface area contributed by atoms with E-state index in [1.165, 1.54) is 0 Å². The van der Waals surface area contributed by atoms with Gasteiger partial charge in [-0.1, -0.05) is 12.1 Å². The number of carboxylic acid groups (broad SMARTS) is 1. The Kier molecular flexibility index (Phi) is 4.69. The Hall–Kier alpha value is -1.84. The normalized spacial score (nSPS) is 10.0. The Bertz CT molecular complexity index is 423. The summed E-state index contributed by atoms with van der Waals surface area (Å²) in [6, 6.07) is 5.44. The molecule has 0 bridgehead atoms. The lowest BCUT2D eigenvalue weighted by Crippen LogP contribution is -2.09. The molecule has 92 valence electrons. The number of aliphatic carboxylic acids is 1. The molecule has 0 atom stereocenters. The lowest BCUT2D eigenvalue weighted by atomic mass is 10.0. The molecule has 0 unspecified atom stereocenters. The topological polar surface area (TPSA) is 63.6 Å². The highest BCUT2D eigenvalue weighted by Crippen LogP contribution is 2.13. The van der Waals surface area contributed by atoms with Crippen LogP contribution < -0.4 is 0 Å². The fourth-order valence-corrected chi connectivity index (χ4v) is 1.44. The molecule has 1 aromatic rings. The number of aryl methyl sites for hydroxylation is 1. The maximum Gasteiger partial charge on any atom is 0.338 e. The molecular formula is C13H16O4. The largest absolute Gasteiger partial charge is 0.481 e. The van der Waals surface area contributed by atoms with E-state index >= 15 is 0 Å². The van der Waals surface area contributed by atoms with E-state index < -0.39 is 11.9 Å². The summed E-state index contributed by atoms with van der Waals surface area (Å²) in [5.41, 5.74) is 2.47. The number of hydrogen-bond donors (Lipinski definition) is 1. The highest BCUT2D eigenvalue weighted by Gasteiger charge is 2.11. The van der Waals surface area contributed by atoms with E-state index in [4.69, 9.17) is 9.84 Å². The summed E-state index contributed by atoms with van der Waals surface area (Å²) in [6.07, 6.45) is 0.353. The zero-order chi connectivity index (χ0) is 12.8. The zero-order valence-electron chi connectivity index (χ0n) is 10.0. The van der Waals surface area contributed by atoms with Gasteiger partial charge in [-0.2, -0.15) is 0 Å². The first-order valence-corrected chi connectivity index (χ1v) is 5.47. The molecule has 0 saturated carbocycles. The molecule has 0 spiro atoms. The molecule has 0 heterocycles. The Balaban J connectivity index is 2.53. The van der Waals surface area contributed by atoms with Gasteiger partial charge in [0.1, 0.15) is 0 Å². The molecule has 0 fully saturated rings. The first kappa shape index (κ1) is 13.2. The molecule has 0 aliphatic carbocycles. The predicted octanol–water partition coefficient (Wildman–Crippen LogP) is 2.33. The van der Waals surface area contributed by atoms with Gasteiger partial charge >= 0.3 is 11.9 Å². The van der Waals surface area contributed by atoms with Gasteiger partial charge in [0.2, 0.25) is 0 Å². The van der Waals surface area contributed by atoms with E-state index in [-0.39, 0.29) is 13.0 Å². The first-order valence-electron chi connectivity index (χ1n) is 5.47. The van der Waals surface area contributed by atoms with Crippen molar-refractivity contribution in [1.29, 1.82) is 0 Å². The second-order valence-electron chi connectivity index (χ2n) is 3.88. The lowest BCUT2D eigenvalue weighted by Gasteiger charge is -2.08. The van der Waals surface area contributed by atoms with Gasteiger partial charge in [0.15, 0.2) is 0 Å². The summed E-state index contributed by atoms with van der Waals surface area (Å²) < 4.78 is 5.01. The predicted molar refractivity (Wildman–Crippen MR) is 63.1 cm³/mol. The van der Waals surface area contributed by atoms with E-state index in [0.717, 1.165) is 11.1 Å². The number of ether oxygens (including phenoxy) is 1. The van der Waals surface area contributed by atoms with Crippen LogP contribution in [0.3, 0.4) is 0 Å². The molecule has 4 heteroatoms. The SMILES string of the molecule is Cc1cccc(C(=O)OCCCC(=O)O)c1C. The van der Waals surface area contributed by atoms with Gasteiger partial charge in [-0.05, 0) is 37.5 Å². The minimum Gasteiger partial charge on any atom is -0.481 e. The van der Waals surface area contributed by atoms with Crippen LogP contribution in [0.15, 0.2) is 18.2 Å². The number of esters is 1. The van der Waals surface area contributed by atoms with Crippen LogP contribution in [0.1, 0.15) is 34.3 Å². The Labute approximate surface area is 100 Å². The number of carboxylic acids is 1. The van der Waals surface area contributed by atoms with E-state index in [1.54, 1.807) is 12.1 Å². The third kappa shape index (κ3) is 3.90. The monoisotopic (exact) mass is 236 g/mol. The molecular weight excluding hydrogens is 220 g/mol. The fourth-order valence-electron chi connectivity index (χ4n) is 1.44. The summed E-state index contributed by atoms with van der Waals surface area (Å²) >= 11 is 0. The van der Waals surface area contributed by atoms with Gasteiger partial charge in [-0.25, -0.2) is 4.79 Å². The van der Waals surface area contributed by atoms with Crippen molar-refractivity contribution in [3.63, 3.8) is 0 Å². The number of carbonyl (C=O) groups excluding carboxylic acids is 1. The summed E-state index contributed by atoms with van der Waals surface area (Å²) in [7, 11) is 0. The van der Waals surface area contributed by atoms with Crippen molar-refractivity contribution in [2.45, 2.75) is 26.7 Å². The zero-order valence-corrected chi connectivity index (χ0v) is 10.0. The van der Waals surface area contributed by atoms with Crippen molar-refractivity contribution in [2.24, 2.45) is 0 Å². The quantitative estimate of drug-likeness (QED) is 0.629. The number of carbonyl (C=O) groups is 2. The molecule has 4 nitrogen and oxygen atoms in total. The molecule has 0 radical (unpaired) electrons. The average molecular weight is 236 g/mol. The smallest absolute Gasteiger partial charge is 0.338 e. The van der Waals surface area contributed by atoms with E-state index in [0.29, 0.717) is 12.0 Å². The Morgan fingerprint density at radius 1 is 1.29 bits per heavy atom. The minimum atomic E-state index is -0.882. The van der Waals surface area contributed by atoms with Crippen LogP contribution >= 0.6 is 0 Å². The van der Waals surface area contributed by atoms with Crippen molar-refractivity contribution in [1.82, 2.24) is 0 Å². The molecule has 1 rings (SSSR count). The second kappa shape index (κ2) is 6.03. The van der Waals surface area contributed by atoms with Gasteiger partial charge < -0.3 is 9.84 Å². The van der Waals surface area contributed by atoms with Crippen LogP contribution in [0.4, 0.5) is 0 Å². The maximum atomic E-state index is 11.7. The van der Waals surface area contributed by atoms with Crippen LogP contribution in [0.5, 0.6) is 0 Å². The van der Waals surface area contributed by atoms with Crippen LogP contribution in [0.25, 0.3) is 0 Å². The fraction of sp³-hybridized carbons (Fsp3) is 0.385. The number of rotatable bonds is 5. The summed E-state index contributed by atoms with van der Waals surface area (Å²) in [5.74, 6) is -1.27. The maximum absolute atomic E-state index is 11.7. The molecule has 0 aromatic heterocycles. The second-order valence-corrected chi connectivity index (χ2v) is 3.88. The molecule has 0 aliphatic rings. The van der Waals surface area contributed by atoms with Crippen LogP contribution in [0.2, 0.25) is 0 Å². The Morgan fingerprint density at radius 3 is 2.65 bits per heavy atom. The first-order chi connectivity index (χ1) is 8.02. The van der Waals surface area contributed by atoms with Crippen molar-refractivity contribution in [3.05, 3.63) is 34.9 Å². The molecule has 0 amide bonds. The molecule has 0 saturated heterocycles. The third-order valence-corrected chi connectivity index (χ3v) is 2.59. The van der Waals surface area contributed by atoms with E-state index in [2.05, 4.69) is 0 Å². The van der Waals surface area contributed by atoms with Gasteiger partial charge in [-0.15, -0.1) is 0 Å². The summed E-state index contributed by atoms with van der Waals surface area (Å²) in [5, 5.41) is 8.44. The highest BCUT2D eigenvalue weighted by atomic mass is 16.5. The molecule has 1 N–H and O–H groups in total. The van der Waals surface area contributed by atoms with Crippen LogP contribution in [-0.4, -0.2) is 23.7 Å². The molecule has 0 aliphatic heterocycles. The van der Waals surface area contributed by atoms with Gasteiger partial charge in [0.25, 0.3) is 0 Å². The standard InChI is InChI=1S/C13H16O4/c1-9-5-3-6-11(10(9)2)13(16)17-8-4-7-12(14)15/h3,5-6H,4,7-8H2,1-2H3,(H,14,15). The van der Waals surface area contributed by atoms with Crippen molar-refractivity contribution in [2.75, 3.05) is 6.61 Å². The van der Waals surface area contributed by atoms with Crippen LogP contribution in [0, 0.1) is 13.8 Å². The van der Waals surface area contributed by atoms with Crippen LogP contribution in [-0.2, 0) is 9.53 Å². The minimum absolute atomic E-state index is 0.0140. The molecule has 17 heavy (non-hydrogen) atoms.